The second-order valence-corrected chi connectivity index (χ2v) is 19.7. The number of aliphatic carboxylic acids is 2. The number of aromatic nitrogens is 3. The number of nitrogens with two attached hydrogens (primary N) is 3. The number of benzene rings is 2. The van der Waals surface area contributed by atoms with Crippen LogP contribution in [0.25, 0.3) is 10.9 Å². The van der Waals surface area contributed by atoms with Crippen LogP contribution in [-0.4, -0.2) is 174 Å². The van der Waals surface area contributed by atoms with E-state index in [9.17, 15) is 68.1 Å². The second-order valence-electron chi connectivity index (χ2n) is 19.7. The van der Waals surface area contributed by atoms with Crippen molar-refractivity contribution in [2.75, 3.05) is 19.7 Å². The van der Waals surface area contributed by atoms with Crippen molar-refractivity contribution in [3.63, 3.8) is 0 Å². The summed E-state index contributed by atoms with van der Waals surface area (Å²) >= 11 is 0. The predicted molar refractivity (Wildman–Crippen MR) is 289 cm³/mol. The number of carboxylic acids is 2. The van der Waals surface area contributed by atoms with Gasteiger partial charge in [-0.2, -0.15) is 0 Å². The maximum Gasteiger partial charge on any atom is 0.326 e. The van der Waals surface area contributed by atoms with Gasteiger partial charge in [0, 0.05) is 61.9 Å². The third-order valence-corrected chi connectivity index (χ3v) is 13.5. The van der Waals surface area contributed by atoms with Crippen molar-refractivity contribution in [3.05, 3.63) is 90.1 Å². The molecule has 28 nitrogen and oxygen atoms in total. The summed E-state index contributed by atoms with van der Waals surface area (Å²) < 4.78 is 0. The smallest absolute Gasteiger partial charge is 0.326 e. The largest absolute Gasteiger partial charge is 0.481 e. The first-order valence-corrected chi connectivity index (χ1v) is 26.5. The third-order valence-electron chi connectivity index (χ3n) is 13.5. The highest BCUT2D eigenvalue weighted by molar-refractivity contribution is 5.99. The molecule has 0 spiro atoms. The quantitative estimate of drug-likeness (QED) is 0.0211. The Balaban J connectivity index is 1.35. The van der Waals surface area contributed by atoms with E-state index in [4.69, 9.17) is 17.2 Å². The number of likely N-dealkylation sites (tertiary alicyclic amines) is 1. The van der Waals surface area contributed by atoms with E-state index in [0.717, 1.165) is 10.9 Å². The lowest BCUT2D eigenvalue weighted by Crippen LogP contribution is -2.61. The number of aliphatic hydroxyl groups excluding tert-OH is 1. The molecule has 18 N–H and O–H groups in total. The first-order chi connectivity index (χ1) is 38.7. The molecule has 0 unspecified atom stereocenters. The van der Waals surface area contributed by atoms with Crippen LogP contribution >= 0.6 is 0 Å². The number of carbonyl (C=O) groups is 11. The molecule has 0 aliphatic carbocycles. The molecule has 1 aliphatic heterocycles. The van der Waals surface area contributed by atoms with Gasteiger partial charge in [0.05, 0.1) is 24.7 Å². The lowest BCUT2D eigenvalue weighted by molar-refractivity contribution is -0.143. The monoisotopic (exact) mass is 1130 g/mol. The lowest BCUT2D eigenvalue weighted by atomic mass is 10.0. The maximum absolute atomic E-state index is 14.6. The van der Waals surface area contributed by atoms with Gasteiger partial charge in [0.2, 0.25) is 53.2 Å². The zero-order chi connectivity index (χ0) is 59.2. The fraction of sp³-hybridized carbons (Fsp3) is 0.472. The Morgan fingerprint density at radius 2 is 1.25 bits per heavy atom. The number of carboxylic acid groups (broad SMARTS) is 2. The van der Waals surface area contributed by atoms with Crippen molar-refractivity contribution in [1.82, 2.24) is 57.1 Å². The molecular formula is C53H72N14O14. The number of nitrogens with one attached hydrogen (secondary N) is 9. The van der Waals surface area contributed by atoms with Crippen molar-refractivity contribution in [1.29, 1.82) is 0 Å². The lowest BCUT2D eigenvalue weighted by Gasteiger charge is -2.31. The van der Waals surface area contributed by atoms with E-state index in [1.54, 1.807) is 42.6 Å². The van der Waals surface area contributed by atoms with Crippen LogP contribution in [0.2, 0.25) is 0 Å². The van der Waals surface area contributed by atoms with Crippen LogP contribution in [0.1, 0.15) is 81.5 Å². The van der Waals surface area contributed by atoms with Crippen LogP contribution < -0.4 is 54.4 Å². The highest BCUT2D eigenvalue weighted by atomic mass is 16.4. The maximum atomic E-state index is 14.6. The predicted octanol–water partition coefficient (Wildman–Crippen LogP) is -3.01. The average molecular weight is 1130 g/mol. The average Bonchev–Trinajstić information content (AvgIpc) is 4.24. The Morgan fingerprint density at radius 1 is 0.667 bits per heavy atom. The van der Waals surface area contributed by atoms with Gasteiger partial charge in [-0.1, -0.05) is 48.5 Å². The highest BCUT2D eigenvalue weighted by Gasteiger charge is 2.41. The molecule has 4 aromatic rings. The van der Waals surface area contributed by atoms with Crippen molar-refractivity contribution < 1.29 is 68.1 Å². The molecule has 1 fully saturated rings. The van der Waals surface area contributed by atoms with Crippen molar-refractivity contribution in [2.24, 2.45) is 17.2 Å². The van der Waals surface area contributed by atoms with E-state index < -0.39 is 152 Å². The molecule has 0 saturated carbocycles. The van der Waals surface area contributed by atoms with Crippen LogP contribution in [0.5, 0.6) is 0 Å². The van der Waals surface area contributed by atoms with Crippen LogP contribution in [0.3, 0.4) is 0 Å². The van der Waals surface area contributed by atoms with Gasteiger partial charge in [-0.3, -0.25) is 47.9 Å². The van der Waals surface area contributed by atoms with Crippen LogP contribution in [0.4, 0.5) is 0 Å². The Hall–Kier alpha value is -8.76. The Labute approximate surface area is 465 Å². The molecule has 28 heteroatoms. The zero-order valence-corrected chi connectivity index (χ0v) is 44.7. The second kappa shape index (κ2) is 31.1. The summed E-state index contributed by atoms with van der Waals surface area (Å²) in [6.07, 6.45) is 3.09. The van der Waals surface area contributed by atoms with Gasteiger partial charge in [-0.05, 0) is 75.6 Å². The molecule has 9 atom stereocenters. The van der Waals surface area contributed by atoms with E-state index in [2.05, 4.69) is 52.2 Å². The van der Waals surface area contributed by atoms with Gasteiger partial charge < -0.3 is 84.6 Å². The van der Waals surface area contributed by atoms with Gasteiger partial charge in [0.25, 0.3) is 0 Å². The normalized spacial score (nSPS) is 16.0. The first kappa shape index (κ1) is 63.1. The van der Waals surface area contributed by atoms with Crippen LogP contribution in [0.15, 0.2) is 73.3 Å². The van der Waals surface area contributed by atoms with E-state index in [1.165, 1.54) is 24.3 Å². The van der Waals surface area contributed by atoms with Crippen molar-refractivity contribution in [2.45, 2.75) is 138 Å². The molecule has 0 bridgehead atoms. The molecule has 1 saturated heterocycles. The first-order valence-electron chi connectivity index (χ1n) is 26.5. The van der Waals surface area contributed by atoms with Gasteiger partial charge >= 0.3 is 11.9 Å². The number of rotatable bonds is 33. The third kappa shape index (κ3) is 19.2. The minimum absolute atomic E-state index is 0.0152. The Bertz CT molecular complexity index is 2830. The van der Waals surface area contributed by atoms with E-state index >= 15 is 0 Å². The topological polar surface area (TPSA) is 458 Å². The number of aromatic amines is 2. The molecular weight excluding hydrogens is 1060 g/mol. The highest BCUT2D eigenvalue weighted by Crippen LogP contribution is 2.22. The molecule has 0 radical (unpaired) electrons. The number of hydrogen-bond acceptors (Lipinski definition) is 15. The molecule has 3 heterocycles. The summed E-state index contributed by atoms with van der Waals surface area (Å²) in [4.78, 5) is 159. The number of hydrogen-bond donors (Lipinski definition) is 15. The summed E-state index contributed by atoms with van der Waals surface area (Å²) in [7, 11) is 0. The standard InChI is InChI=1S/C53H72N14O14/c1-29(55)45(72)63-39(23-31-25-58-34-13-6-5-12-33(31)34)49(76)66-41(27-68)50(77)65-40(24-32-26-57-28-59-32)52(79)67-21-9-15-42(67)51(78)61-35(16-18-43(56)69)47(74)64-38(22-30-10-3-2-4-11-30)48(75)60-36(17-19-44(70)71)46(73)62-37(53(80)81)14-7-8-20-54/h2-6,10-13,25-26,28-29,35-42,58,68H,7-9,14-24,27,54-55H2,1H3,(H2,56,69)(H,57,59)(H,60,75)(H,61,78)(H,62,73)(H,63,72)(H,64,74)(H,65,77)(H,66,76)(H,70,71)(H,80,81)/t29-,35-,36-,37-,38-,39-,40-,41-,42-/m0/s1. The summed E-state index contributed by atoms with van der Waals surface area (Å²) in [5.41, 5.74) is 19.0. The number of para-hydroxylation sites is 1. The van der Waals surface area contributed by atoms with Gasteiger partial charge in [-0.25, -0.2) is 9.78 Å². The summed E-state index contributed by atoms with van der Waals surface area (Å²) in [6, 6.07) is 2.67. The fourth-order valence-electron chi connectivity index (χ4n) is 9.07. The summed E-state index contributed by atoms with van der Waals surface area (Å²) in [5, 5.41) is 48.1. The number of unbranched alkanes of at least 4 members (excludes halogenated alkanes) is 1. The number of H-pyrrole nitrogens is 2. The number of fused-ring (bicyclic) bond motifs is 1. The zero-order valence-electron chi connectivity index (χ0n) is 44.7. The number of aliphatic hydroxyl groups is 1. The van der Waals surface area contributed by atoms with E-state index in [1.807, 2.05) is 18.2 Å². The number of primary amides is 1. The number of nitrogens with zero attached hydrogens (tertiary/aromatic N) is 2. The number of carbonyl (C=O) groups excluding carboxylic acids is 9. The molecule has 1 aliphatic rings. The van der Waals surface area contributed by atoms with Gasteiger partial charge in [0.1, 0.15) is 48.3 Å². The van der Waals surface area contributed by atoms with Crippen LogP contribution in [-0.2, 0) is 72.0 Å². The fourth-order valence-corrected chi connectivity index (χ4v) is 9.07. The Morgan fingerprint density at radius 3 is 1.88 bits per heavy atom. The molecule has 2 aromatic carbocycles. The Kier molecular flexibility index (Phi) is 24.2. The van der Waals surface area contributed by atoms with E-state index in [-0.39, 0.29) is 51.6 Å². The minimum atomic E-state index is -1.67. The van der Waals surface area contributed by atoms with E-state index in [0.29, 0.717) is 29.7 Å². The molecule has 81 heavy (non-hydrogen) atoms. The van der Waals surface area contributed by atoms with Gasteiger partial charge in [-0.15, -0.1) is 0 Å². The van der Waals surface area contributed by atoms with Crippen LogP contribution in [0, 0.1) is 0 Å². The van der Waals surface area contributed by atoms with Gasteiger partial charge in [0.15, 0.2) is 0 Å². The SMILES string of the molecule is C[C@H](N)C(=O)N[C@@H](Cc1c[nH]c2ccccc12)C(=O)N[C@@H](CO)C(=O)N[C@@H](Cc1c[nH]cn1)C(=O)N1CCC[C@H]1C(=O)N[C@@H](CCC(N)=O)C(=O)N[C@@H](Cc1ccccc1)C(=O)N[C@@H](CCC(=O)O)C(=O)N[C@@H](CCCCN)C(=O)O. The van der Waals surface area contributed by atoms with Crippen molar-refractivity contribution >= 4 is 76.0 Å². The summed E-state index contributed by atoms with van der Waals surface area (Å²) in [5.74, 6) is -10.8. The molecule has 2 aromatic heterocycles. The van der Waals surface area contributed by atoms with Crippen molar-refractivity contribution in [3.8, 4) is 0 Å². The molecule has 438 valence electrons. The molecule has 5 rings (SSSR count). The summed E-state index contributed by atoms with van der Waals surface area (Å²) in [6.45, 7) is 0.710. The minimum Gasteiger partial charge on any atom is -0.481 e. The number of amides is 9. The molecule has 9 amide bonds. The number of imidazole rings is 1.